The van der Waals surface area contributed by atoms with E-state index in [1.807, 2.05) is 27.7 Å². The van der Waals surface area contributed by atoms with Crippen LogP contribution in [0.3, 0.4) is 0 Å². The van der Waals surface area contributed by atoms with E-state index in [1.165, 1.54) is 12.3 Å². The Bertz CT molecular complexity index is 398. The topological polar surface area (TPSA) is 54.0 Å². The molecule has 4 nitrogen and oxygen atoms in total. The Morgan fingerprint density at radius 2 is 2.11 bits per heavy atom. The first kappa shape index (κ1) is 14.6. The van der Waals surface area contributed by atoms with Gasteiger partial charge in [-0.05, 0) is 39.8 Å². The van der Waals surface area contributed by atoms with Crippen molar-refractivity contribution in [1.82, 2.24) is 15.6 Å². The summed E-state index contributed by atoms with van der Waals surface area (Å²) in [6.07, 6.45) is 1.17. The van der Waals surface area contributed by atoms with E-state index in [2.05, 4.69) is 15.6 Å². The minimum absolute atomic E-state index is 0.0727. The molecule has 0 saturated heterocycles. The SMILES string of the molecule is CC(NCC(=O)NC(C)(C)C)c1ccc(F)cn1. The summed E-state index contributed by atoms with van der Waals surface area (Å²) in [4.78, 5) is 15.6. The summed E-state index contributed by atoms with van der Waals surface area (Å²) in [7, 11) is 0. The van der Waals surface area contributed by atoms with Gasteiger partial charge in [-0.25, -0.2) is 4.39 Å². The fourth-order valence-electron chi connectivity index (χ4n) is 1.46. The molecule has 0 aliphatic heterocycles. The lowest BCUT2D eigenvalue weighted by atomic mass is 10.1. The predicted molar refractivity (Wildman–Crippen MR) is 68.5 cm³/mol. The highest BCUT2D eigenvalue weighted by Gasteiger charge is 2.14. The van der Waals surface area contributed by atoms with Gasteiger partial charge in [0.05, 0.1) is 18.4 Å². The molecule has 0 radical (unpaired) electrons. The second kappa shape index (κ2) is 5.91. The lowest BCUT2D eigenvalue weighted by Gasteiger charge is -2.21. The quantitative estimate of drug-likeness (QED) is 0.860. The molecule has 1 amide bonds. The van der Waals surface area contributed by atoms with Gasteiger partial charge in [-0.2, -0.15) is 0 Å². The summed E-state index contributed by atoms with van der Waals surface area (Å²) in [6.45, 7) is 7.86. The summed E-state index contributed by atoms with van der Waals surface area (Å²) < 4.78 is 12.7. The van der Waals surface area contributed by atoms with E-state index in [9.17, 15) is 9.18 Å². The molecule has 0 aliphatic carbocycles. The first-order chi connectivity index (χ1) is 8.28. The van der Waals surface area contributed by atoms with Crippen molar-refractivity contribution in [1.29, 1.82) is 0 Å². The molecule has 100 valence electrons. The maximum absolute atomic E-state index is 12.7. The number of hydrogen-bond donors (Lipinski definition) is 2. The van der Waals surface area contributed by atoms with Crippen LogP contribution in [0.15, 0.2) is 18.3 Å². The first-order valence-electron chi connectivity index (χ1n) is 5.94. The van der Waals surface area contributed by atoms with E-state index >= 15 is 0 Å². The molecule has 1 aromatic rings. The fraction of sp³-hybridized carbons (Fsp3) is 0.538. The van der Waals surface area contributed by atoms with Crippen LogP contribution in [-0.4, -0.2) is 23.0 Å². The Morgan fingerprint density at radius 3 is 2.61 bits per heavy atom. The Balaban J connectivity index is 2.44. The van der Waals surface area contributed by atoms with Crippen molar-refractivity contribution >= 4 is 5.91 Å². The van der Waals surface area contributed by atoms with E-state index in [-0.39, 0.29) is 29.8 Å². The molecular weight excluding hydrogens is 233 g/mol. The van der Waals surface area contributed by atoms with Crippen LogP contribution in [-0.2, 0) is 4.79 Å². The van der Waals surface area contributed by atoms with Gasteiger partial charge in [0.15, 0.2) is 0 Å². The average molecular weight is 253 g/mol. The number of nitrogens with one attached hydrogen (secondary N) is 2. The van der Waals surface area contributed by atoms with Gasteiger partial charge < -0.3 is 10.6 Å². The van der Waals surface area contributed by atoms with Crippen LogP contribution in [0.4, 0.5) is 4.39 Å². The Labute approximate surface area is 107 Å². The molecule has 1 atom stereocenters. The van der Waals surface area contributed by atoms with Gasteiger partial charge >= 0.3 is 0 Å². The lowest BCUT2D eigenvalue weighted by Crippen LogP contribution is -2.45. The molecule has 0 spiro atoms. The van der Waals surface area contributed by atoms with Crippen molar-refractivity contribution in [2.75, 3.05) is 6.54 Å². The van der Waals surface area contributed by atoms with Gasteiger partial charge in [-0.3, -0.25) is 9.78 Å². The monoisotopic (exact) mass is 253 g/mol. The zero-order valence-corrected chi connectivity index (χ0v) is 11.2. The van der Waals surface area contributed by atoms with Gasteiger partial charge in [-0.1, -0.05) is 0 Å². The maximum Gasteiger partial charge on any atom is 0.234 e. The first-order valence-corrected chi connectivity index (χ1v) is 5.94. The number of amides is 1. The largest absolute Gasteiger partial charge is 0.350 e. The third-order valence-corrected chi connectivity index (χ3v) is 2.28. The molecule has 1 aromatic heterocycles. The molecule has 0 aliphatic rings. The number of rotatable bonds is 4. The fourth-order valence-corrected chi connectivity index (χ4v) is 1.46. The van der Waals surface area contributed by atoms with Crippen molar-refractivity contribution in [3.05, 3.63) is 29.8 Å². The van der Waals surface area contributed by atoms with Gasteiger partial charge in [0.1, 0.15) is 5.82 Å². The summed E-state index contributed by atoms with van der Waals surface area (Å²) in [5.74, 6) is -0.437. The molecule has 5 heteroatoms. The number of carbonyl (C=O) groups excluding carboxylic acids is 1. The van der Waals surface area contributed by atoms with Gasteiger partial charge in [0.25, 0.3) is 0 Å². The summed E-state index contributed by atoms with van der Waals surface area (Å²) in [5.41, 5.74) is 0.468. The van der Waals surface area contributed by atoms with E-state index < -0.39 is 0 Å². The lowest BCUT2D eigenvalue weighted by molar-refractivity contribution is -0.121. The van der Waals surface area contributed by atoms with Crippen LogP contribution in [0, 0.1) is 5.82 Å². The molecule has 1 heterocycles. The minimum Gasteiger partial charge on any atom is -0.350 e. The number of nitrogens with zero attached hydrogens (tertiary/aromatic N) is 1. The number of halogens is 1. The Hall–Kier alpha value is -1.49. The molecule has 0 aromatic carbocycles. The Kier molecular flexibility index (Phi) is 4.78. The number of hydrogen-bond acceptors (Lipinski definition) is 3. The van der Waals surface area contributed by atoms with Crippen LogP contribution in [0.5, 0.6) is 0 Å². The van der Waals surface area contributed by atoms with E-state index in [0.29, 0.717) is 5.69 Å². The predicted octanol–water partition coefficient (Wildman–Crippen LogP) is 1.79. The molecule has 18 heavy (non-hydrogen) atoms. The zero-order chi connectivity index (χ0) is 13.8. The third-order valence-electron chi connectivity index (χ3n) is 2.28. The van der Waals surface area contributed by atoms with Gasteiger partial charge in [-0.15, -0.1) is 0 Å². The van der Waals surface area contributed by atoms with Gasteiger partial charge in [0.2, 0.25) is 5.91 Å². The van der Waals surface area contributed by atoms with E-state index in [0.717, 1.165) is 0 Å². The van der Waals surface area contributed by atoms with Crippen molar-refractivity contribution in [3.8, 4) is 0 Å². The Morgan fingerprint density at radius 1 is 1.44 bits per heavy atom. The molecule has 2 N–H and O–H groups in total. The van der Waals surface area contributed by atoms with Crippen LogP contribution in [0.25, 0.3) is 0 Å². The van der Waals surface area contributed by atoms with Crippen LogP contribution < -0.4 is 10.6 Å². The van der Waals surface area contributed by atoms with Gasteiger partial charge in [0, 0.05) is 11.6 Å². The average Bonchev–Trinajstić information content (AvgIpc) is 2.24. The molecule has 1 unspecified atom stereocenters. The smallest absolute Gasteiger partial charge is 0.234 e. The highest BCUT2D eigenvalue weighted by Crippen LogP contribution is 2.08. The normalized spacial score (nSPS) is 13.2. The number of aromatic nitrogens is 1. The molecule has 0 bridgehead atoms. The van der Waals surface area contributed by atoms with E-state index in [1.54, 1.807) is 6.07 Å². The van der Waals surface area contributed by atoms with Crippen LogP contribution >= 0.6 is 0 Å². The molecular formula is C13H20FN3O. The summed E-state index contributed by atoms with van der Waals surface area (Å²) in [5, 5.41) is 5.90. The number of carbonyl (C=O) groups is 1. The second-order valence-electron chi connectivity index (χ2n) is 5.30. The molecule has 0 fully saturated rings. The van der Waals surface area contributed by atoms with Crippen molar-refractivity contribution in [2.24, 2.45) is 0 Å². The number of pyridine rings is 1. The molecule has 1 rings (SSSR count). The minimum atomic E-state index is -0.364. The zero-order valence-electron chi connectivity index (χ0n) is 11.2. The second-order valence-corrected chi connectivity index (χ2v) is 5.30. The van der Waals surface area contributed by atoms with Crippen molar-refractivity contribution < 1.29 is 9.18 Å². The highest BCUT2D eigenvalue weighted by atomic mass is 19.1. The maximum atomic E-state index is 12.7. The highest BCUT2D eigenvalue weighted by molar-refractivity contribution is 5.78. The summed E-state index contributed by atoms with van der Waals surface area (Å²) in [6, 6.07) is 2.86. The third kappa shape index (κ3) is 5.23. The standard InChI is InChI=1S/C13H20FN3O/c1-9(11-6-5-10(14)7-16-11)15-8-12(18)17-13(2,3)4/h5-7,9,15H,8H2,1-4H3,(H,17,18). The molecule has 0 saturated carbocycles. The van der Waals surface area contributed by atoms with Crippen LogP contribution in [0.2, 0.25) is 0 Å². The van der Waals surface area contributed by atoms with Crippen molar-refractivity contribution in [3.63, 3.8) is 0 Å². The summed E-state index contributed by atoms with van der Waals surface area (Å²) >= 11 is 0. The van der Waals surface area contributed by atoms with E-state index in [4.69, 9.17) is 0 Å². The van der Waals surface area contributed by atoms with Crippen LogP contribution in [0.1, 0.15) is 39.4 Å². The van der Waals surface area contributed by atoms with Crippen molar-refractivity contribution in [2.45, 2.75) is 39.3 Å².